The van der Waals surface area contributed by atoms with Gasteiger partial charge in [0.2, 0.25) is 0 Å². The zero-order valence-electron chi connectivity index (χ0n) is 9.63. The highest BCUT2D eigenvalue weighted by molar-refractivity contribution is 6.33. The molecule has 0 unspecified atom stereocenters. The van der Waals surface area contributed by atoms with Gasteiger partial charge >= 0.3 is 5.97 Å². The van der Waals surface area contributed by atoms with Crippen LogP contribution in [0.5, 0.6) is 0 Å². The van der Waals surface area contributed by atoms with Gasteiger partial charge < -0.3 is 10.4 Å². The molecule has 0 spiro atoms. The summed E-state index contributed by atoms with van der Waals surface area (Å²) in [5, 5.41) is 11.7. The smallest absolute Gasteiger partial charge is 0.337 e. The highest BCUT2D eigenvalue weighted by Gasteiger charge is 2.10. The van der Waals surface area contributed by atoms with Crippen molar-refractivity contribution in [2.45, 2.75) is 0 Å². The molecule has 96 valence electrons. The summed E-state index contributed by atoms with van der Waals surface area (Å²) in [6.45, 7) is 0. The summed E-state index contributed by atoms with van der Waals surface area (Å²) in [7, 11) is 0. The van der Waals surface area contributed by atoms with Gasteiger partial charge in [-0.15, -0.1) is 0 Å². The van der Waals surface area contributed by atoms with E-state index in [4.69, 9.17) is 16.7 Å². The predicted molar refractivity (Wildman–Crippen MR) is 70.6 cm³/mol. The molecule has 6 heteroatoms. The van der Waals surface area contributed by atoms with Crippen LogP contribution >= 0.6 is 11.6 Å². The molecule has 0 aliphatic rings. The van der Waals surface area contributed by atoms with Crippen LogP contribution in [-0.4, -0.2) is 22.0 Å². The van der Waals surface area contributed by atoms with Crippen LogP contribution in [0.2, 0.25) is 5.02 Å². The molecule has 2 aromatic rings. The van der Waals surface area contributed by atoms with Gasteiger partial charge in [-0.05, 0) is 24.3 Å². The molecule has 0 saturated heterocycles. The van der Waals surface area contributed by atoms with Gasteiger partial charge in [-0.2, -0.15) is 0 Å². The number of carboxylic acid groups (broad SMARTS) is 1. The van der Waals surface area contributed by atoms with Gasteiger partial charge in [-0.1, -0.05) is 23.7 Å². The van der Waals surface area contributed by atoms with Crippen LogP contribution in [0.1, 0.15) is 20.8 Å². The Kier molecular flexibility index (Phi) is 3.77. The minimum atomic E-state index is -1.09. The third-order valence-corrected chi connectivity index (χ3v) is 2.69. The van der Waals surface area contributed by atoms with Gasteiger partial charge in [0.1, 0.15) is 5.69 Å². The number of para-hydroxylation sites is 1. The lowest BCUT2D eigenvalue weighted by Gasteiger charge is -2.06. The summed E-state index contributed by atoms with van der Waals surface area (Å²) in [6, 6.07) is 9.46. The third kappa shape index (κ3) is 3.08. The van der Waals surface area contributed by atoms with Crippen molar-refractivity contribution in [3.8, 4) is 0 Å². The van der Waals surface area contributed by atoms with Crippen LogP contribution in [0.15, 0.2) is 42.6 Å². The number of benzene rings is 1. The van der Waals surface area contributed by atoms with E-state index in [0.717, 1.165) is 6.20 Å². The topological polar surface area (TPSA) is 79.3 Å². The molecule has 0 radical (unpaired) electrons. The first-order valence-corrected chi connectivity index (χ1v) is 5.71. The molecule has 1 heterocycles. The highest BCUT2D eigenvalue weighted by atomic mass is 35.5. The van der Waals surface area contributed by atoms with Crippen molar-refractivity contribution in [3.05, 3.63) is 58.9 Å². The molecule has 19 heavy (non-hydrogen) atoms. The van der Waals surface area contributed by atoms with Gasteiger partial charge in [0.15, 0.2) is 0 Å². The van der Waals surface area contributed by atoms with Gasteiger partial charge in [0.05, 0.1) is 16.3 Å². The molecular weight excluding hydrogens is 268 g/mol. The van der Waals surface area contributed by atoms with Crippen molar-refractivity contribution < 1.29 is 14.7 Å². The minimum Gasteiger partial charge on any atom is -0.478 e. The number of nitrogens with one attached hydrogen (secondary N) is 1. The molecule has 0 aliphatic carbocycles. The Balaban J connectivity index is 2.16. The zero-order chi connectivity index (χ0) is 13.8. The molecule has 0 bridgehead atoms. The van der Waals surface area contributed by atoms with Gasteiger partial charge in [0.25, 0.3) is 5.91 Å². The number of carbonyl (C=O) groups is 2. The number of halogens is 1. The highest BCUT2D eigenvalue weighted by Crippen LogP contribution is 2.20. The van der Waals surface area contributed by atoms with E-state index in [9.17, 15) is 9.59 Å². The second kappa shape index (κ2) is 5.49. The second-order valence-corrected chi connectivity index (χ2v) is 4.08. The van der Waals surface area contributed by atoms with Crippen LogP contribution in [0, 0.1) is 0 Å². The Morgan fingerprint density at radius 2 is 1.89 bits per heavy atom. The third-order valence-electron chi connectivity index (χ3n) is 2.37. The largest absolute Gasteiger partial charge is 0.478 e. The number of carbonyl (C=O) groups excluding carboxylic acids is 1. The maximum Gasteiger partial charge on any atom is 0.337 e. The van der Waals surface area contributed by atoms with Gasteiger partial charge in [-0.3, -0.25) is 9.78 Å². The molecule has 2 rings (SSSR count). The van der Waals surface area contributed by atoms with Crippen LogP contribution in [0.4, 0.5) is 5.69 Å². The van der Waals surface area contributed by atoms with Crippen molar-refractivity contribution in [1.82, 2.24) is 4.98 Å². The van der Waals surface area contributed by atoms with Crippen molar-refractivity contribution in [2.75, 3.05) is 5.32 Å². The van der Waals surface area contributed by atoms with E-state index in [0.29, 0.717) is 10.7 Å². The van der Waals surface area contributed by atoms with Crippen LogP contribution in [0.3, 0.4) is 0 Å². The van der Waals surface area contributed by atoms with E-state index < -0.39 is 11.9 Å². The summed E-state index contributed by atoms with van der Waals surface area (Å²) >= 11 is 5.91. The van der Waals surface area contributed by atoms with Crippen molar-refractivity contribution in [2.24, 2.45) is 0 Å². The van der Waals surface area contributed by atoms with E-state index in [1.807, 2.05) is 0 Å². The molecule has 5 nitrogen and oxygen atoms in total. The number of rotatable bonds is 3. The molecule has 2 N–H and O–H groups in total. The Labute approximate surface area is 113 Å². The number of aromatic carboxylic acids is 1. The number of amides is 1. The molecule has 1 aromatic carbocycles. The van der Waals surface area contributed by atoms with Crippen molar-refractivity contribution in [1.29, 1.82) is 0 Å². The molecule has 0 aliphatic heterocycles. The molecule has 1 amide bonds. The maximum absolute atomic E-state index is 11.9. The van der Waals surface area contributed by atoms with E-state index in [-0.39, 0.29) is 11.3 Å². The Morgan fingerprint density at radius 3 is 2.47 bits per heavy atom. The Bertz CT molecular complexity index is 626. The van der Waals surface area contributed by atoms with E-state index in [1.54, 1.807) is 24.3 Å². The number of carboxylic acids is 1. The number of anilines is 1. The van der Waals surface area contributed by atoms with Gasteiger partial charge in [0, 0.05) is 6.20 Å². The number of aromatic nitrogens is 1. The summed E-state index contributed by atoms with van der Waals surface area (Å²) in [4.78, 5) is 26.3. The van der Waals surface area contributed by atoms with Crippen LogP contribution < -0.4 is 5.32 Å². The van der Waals surface area contributed by atoms with E-state index >= 15 is 0 Å². The van der Waals surface area contributed by atoms with Crippen LogP contribution in [-0.2, 0) is 0 Å². The van der Waals surface area contributed by atoms with Gasteiger partial charge in [-0.25, -0.2) is 4.79 Å². The number of nitrogens with zero attached hydrogens (tertiary/aromatic N) is 1. The summed E-state index contributed by atoms with van der Waals surface area (Å²) in [6.07, 6.45) is 1.13. The zero-order valence-corrected chi connectivity index (χ0v) is 10.4. The Hall–Kier alpha value is -2.40. The summed E-state index contributed by atoms with van der Waals surface area (Å²) < 4.78 is 0. The fourth-order valence-electron chi connectivity index (χ4n) is 1.40. The maximum atomic E-state index is 11.9. The van der Waals surface area contributed by atoms with Crippen molar-refractivity contribution in [3.63, 3.8) is 0 Å². The lowest BCUT2D eigenvalue weighted by atomic mass is 10.2. The fraction of sp³-hybridized carbons (Fsp3) is 0. The first kappa shape index (κ1) is 13.0. The number of pyridine rings is 1. The van der Waals surface area contributed by atoms with E-state index in [1.165, 1.54) is 12.1 Å². The minimum absolute atomic E-state index is 0.0225. The fourth-order valence-corrected chi connectivity index (χ4v) is 1.59. The SMILES string of the molecule is O=C(O)c1ccc(C(=O)Nc2ccccc2Cl)nc1. The molecule has 0 atom stereocenters. The first-order chi connectivity index (χ1) is 9.08. The van der Waals surface area contributed by atoms with Crippen LogP contribution in [0.25, 0.3) is 0 Å². The predicted octanol–water partition coefficient (Wildman–Crippen LogP) is 2.69. The summed E-state index contributed by atoms with van der Waals surface area (Å²) in [5.41, 5.74) is 0.609. The first-order valence-electron chi connectivity index (χ1n) is 5.33. The quantitative estimate of drug-likeness (QED) is 0.903. The lowest BCUT2D eigenvalue weighted by Crippen LogP contribution is -2.14. The Morgan fingerprint density at radius 1 is 1.16 bits per heavy atom. The lowest BCUT2D eigenvalue weighted by molar-refractivity contribution is 0.0696. The normalized spacial score (nSPS) is 9.95. The average Bonchev–Trinajstić information content (AvgIpc) is 2.41. The summed E-state index contributed by atoms with van der Waals surface area (Å²) in [5.74, 6) is -1.55. The monoisotopic (exact) mass is 276 g/mol. The number of hydrogen-bond acceptors (Lipinski definition) is 3. The molecule has 0 saturated carbocycles. The molecular formula is C13H9ClN2O3. The molecule has 0 fully saturated rings. The molecule has 1 aromatic heterocycles. The number of hydrogen-bond donors (Lipinski definition) is 2. The second-order valence-electron chi connectivity index (χ2n) is 3.67. The standard InChI is InChI=1S/C13H9ClN2O3/c14-9-3-1-2-4-10(9)16-12(17)11-6-5-8(7-15-11)13(18)19/h1-7H,(H,16,17)(H,18,19). The van der Waals surface area contributed by atoms with Crippen molar-refractivity contribution >= 4 is 29.2 Å². The average molecular weight is 277 g/mol. The van der Waals surface area contributed by atoms with E-state index in [2.05, 4.69) is 10.3 Å².